The molecule has 2 rings (SSSR count). The maximum absolute atomic E-state index is 11.6. The van der Waals surface area contributed by atoms with Gasteiger partial charge in [0.15, 0.2) is 0 Å². The Morgan fingerprint density at radius 2 is 1.95 bits per heavy atom. The van der Waals surface area contributed by atoms with Crippen molar-refractivity contribution < 1.29 is 8.42 Å². The summed E-state index contributed by atoms with van der Waals surface area (Å²) in [5, 5.41) is 0. The van der Waals surface area contributed by atoms with Gasteiger partial charge in [-0.1, -0.05) is 6.42 Å². The number of hydrogen-bond donors (Lipinski definition) is 0. The molecule has 0 saturated carbocycles. The minimum atomic E-state index is -3.03. The molecule has 0 aromatic rings. The number of rotatable bonds is 4. The fraction of sp³-hybridized carbons (Fsp3) is 1.00. The quantitative estimate of drug-likeness (QED) is 0.743. The first kappa shape index (κ1) is 15.5. The SMILES string of the molecule is CS(=O)(=O)N1CCCC(CN2CCCCC2CCl)C1. The van der Waals surface area contributed by atoms with Gasteiger partial charge >= 0.3 is 0 Å². The zero-order chi connectivity index (χ0) is 13.9. The second kappa shape index (κ2) is 6.74. The van der Waals surface area contributed by atoms with Gasteiger partial charge < -0.3 is 0 Å². The normalized spacial score (nSPS) is 31.5. The lowest BCUT2D eigenvalue weighted by Crippen LogP contribution is -2.47. The Bertz CT molecular complexity index is 388. The maximum Gasteiger partial charge on any atom is 0.211 e. The summed E-state index contributed by atoms with van der Waals surface area (Å²) in [4.78, 5) is 2.48. The van der Waals surface area contributed by atoms with Crippen LogP contribution in [0.1, 0.15) is 32.1 Å². The van der Waals surface area contributed by atoms with Gasteiger partial charge in [-0.2, -0.15) is 0 Å². The van der Waals surface area contributed by atoms with Crippen LogP contribution in [0.15, 0.2) is 0 Å². The van der Waals surface area contributed by atoms with Crippen molar-refractivity contribution in [3.05, 3.63) is 0 Å². The van der Waals surface area contributed by atoms with Crippen molar-refractivity contribution in [2.75, 3.05) is 38.3 Å². The van der Waals surface area contributed by atoms with Crippen LogP contribution in [-0.2, 0) is 10.0 Å². The molecule has 2 fully saturated rings. The first-order chi connectivity index (χ1) is 9.00. The number of halogens is 1. The molecular formula is C13H25ClN2O2S. The summed E-state index contributed by atoms with van der Waals surface area (Å²) < 4.78 is 24.9. The monoisotopic (exact) mass is 308 g/mol. The predicted molar refractivity (Wildman–Crippen MR) is 79.1 cm³/mol. The van der Waals surface area contributed by atoms with Crippen molar-refractivity contribution >= 4 is 21.6 Å². The van der Waals surface area contributed by atoms with Gasteiger partial charge in [-0.15, -0.1) is 11.6 Å². The summed E-state index contributed by atoms with van der Waals surface area (Å²) in [5.74, 6) is 1.16. The lowest BCUT2D eigenvalue weighted by Gasteiger charge is -2.39. The van der Waals surface area contributed by atoms with Gasteiger partial charge in [0.25, 0.3) is 0 Å². The Labute approximate surface area is 122 Å². The van der Waals surface area contributed by atoms with E-state index in [-0.39, 0.29) is 0 Å². The minimum absolute atomic E-state index is 0.465. The topological polar surface area (TPSA) is 40.6 Å². The van der Waals surface area contributed by atoms with Crippen LogP contribution in [0.2, 0.25) is 0 Å². The van der Waals surface area contributed by atoms with Gasteiger partial charge in [-0.25, -0.2) is 12.7 Å². The van der Waals surface area contributed by atoms with E-state index in [1.165, 1.54) is 25.5 Å². The molecular weight excluding hydrogens is 284 g/mol. The molecule has 0 radical (unpaired) electrons. The van der Waals surface area contributed by atoms with Crippen molar-refractivity contribution in [2.24, 2.45) is 5.92 Å². The first-order valence-electron chi connectivity index (χ1n) is 7.26. The fourth-order valence-electron chi connectivity index (χ4n) is 3.28. The van der Waals surface area contributed by atoms with Gasteiger partial charge in [0.05, 0.1) is 6.26 Å². The minimum Gasteiger partial charge on any atom is -0.299 e. The van der Waals surface area contributed by atoms with E-state index in [1.807, 2.05) is 0 Å². The van der Waals surface area contributed by atoms with Crippen molar-refractivity contribution in [2.45, 2.75) is 38.1 Å². The molecule has 19 heavy (non-hydrogen) atoms. The van der Waals surface area contributed by atoms with Gasteiger partial charge in [0.2, 0.25) is 10.0 Å². The van der Waals surface area contributed by atoms with Crippen LogP contribution in [-0.4, -0.2) is 62.0 Å². The lowest BCUT2D eigenvalue weighted by atomic mass is 9.96. The Morgan fingerprint density at radius 1 is 1.16 bits per heavy atom. The molecule has 0 aromatic carbocycles. The van der Waals surface area contributed by atoms with Crippen molar-refractivity contribution in [3.63, 3.8) is 0 Å². The lowest BCUT2D eigenvalue weighted by molar-refractivity contribution is 0.116. The van der Waals surface area contributed by atoms with Gasteiger partial charge in [0, 0.05) is 31.6 Å². The molecule has 0 spiro atoms. The Hall–Kier alpha value is 0.160. The van der Waals surface area contributed by atoms with E-state index in [9.17, 15) is 8.42 Å². The van der Waals surface area contributed by atoms with E-state index in [2.05, 4.69) is 4.90 Å². The average Bonchev–Trinajstić information content (AvgIpc) is 2.39. The van der Waals surface area contributed by atoms with Crippen LogP contribution in [0, 0.1) is 5.92 Å². The number of nitrogens with zero attached hydrogens (tertiary/aromatic N) is 2. The summed E-state index contributed by atoms with van der Waals surface area (Å²) in [6, 6.07) is 0.490. The van der Waals surface area contributed by atoms with E-state index in [1.54, 1.807) is 4.31 Å². The third-order valence-electron chi connectivity index (χ3n) is 4.37. The number of likely N-dealkylation sites (tertiary alicyclic amines) is 1. The molecule has 2 saturated heterocycles. The van der Waals surface area contributed by atoms with Crippen LogP contribution in [0.3, 0.4) is 0 Å². The molecule has 2 unspecified atom stereocenters. The number of alkyl halides is 1. The predicted octanol–water partition coefficient (Wildman–Crippen LogP) is 1.75. The van der Waals surface area contributed by atoms with Crippen LogP contribution in [0.5, 0.6) is 0 Å². The second-order valence-corrected chi connectivity index (χ2v) is 8.22. The fourth-order valence-corrected chi connectivity index (χ4v) is 4.58. The van der Waals surface area contributed by atoms with Crippen molar-refractivity contribution in [3.8, 4) is 0 Å². The third-order valence-corrected chi connectivity index (χ3v) is 6.00. The molecule has 6 heteroatoms. The largest absolute Gasteiger partial charge is 0.299 e. The zero-order valence-corrected chi connectivity index (χ0v) is 13.3. The highest BCUT2D eigenvalue weighted by molar-refractivity contribution is 7.88. The van der Waals surface area contributed by atoms with E-state index in [4.69, 9.17) is 11.6 Å². The first-order valence-corrected chi connectivity index (χ1v) is 9.64. The standard InChI is InChI=1S/C13H25ClN2O2S/c1-19(17,18)16-8-4-5-12(11-16)10-15-7-3-2-6-13(15)9-14/h12-13H,2-11H2,1H3. The Kier molecular flexibility index (Phi) is 5.52. The molecule has 112 valence electrons. The highest BCUT2D eigenvalue weighted by Crippen LogP contribution is 2.24. The summed E-state index contributed by atoms with van der Waals surface area (Å²) in [6.07, 6.45) is 7.14. The molecule has 4 nitrogen and oxygen atoms in total. The molecule has 0 aliphatic carbocycles. The Balaban J connectivity index is 1.91. The van der Waals surface area contributed by atoms with E-state index in [0.717, 1.165) is 25.9 Å². The van der Waals surface area contributed by atoms with Crippen LogP contribution < -0.4 is 0 Å². The third kappa shape index (κ3) is 4.31. The van der Waals surface area contributed by atoms with E-state index < -0.39 is 10.0 Å². The summed E-state index contributed by atoms with van der Waals surface area (Å²) in [7, 11) is -3.03. The molecule has 2 aliphatic heterocycles. The molecule has 0 bridgehead atoms. The van der Waals surface area contributed by atoms with Crippen LogP contribution in [0.25, 0.3) is 0 Å². The highest BCUT2D eigenvalue weighted by Gasteiger charge is 2.29. The van der Waals surface area contributed by atoms with Crippen LogP contribution in [0.4, 0.5) is 0 Å². The summed E-state index contributed by atoms with van der Waals surface area (Å²) in [6.45, 7) is 3.49. The summed E-state index contributed by atoms with van der Waals surface area (Å²) in [5.41, 5.74) is 0. The molecule has 2 heterocycles. The smallest absolute Gasteiger partial charge is 0.211 e. The number of sulfonamides is 1. The highest BCUT2D eigenvalue weighted by atomic mass is 35.5. The number of piperidine rings is 2. The molecule has 0 amide bonds. The average molecular weight is 309 g/mol. The van der Waals surface area contributed by atoms with E-state index >= 15 is 0 Å². The second-order valence-electron chi connectivity index (χ2n) is 5.93. The molecule has 0 N–H and O–H groups in total. The van der Waals surface area contributed by atoms with Gasteiger partial charge in [-0.3, -0.25) is 4.90 Å². The van der Waals surface area contributed by atoms with Crippen molar-refractivity contribution in [1.29, 1.82) is 0 Å². The molecule has 2 aliphatic rings. The zero-order valence-electron chi connectivity index (χ0n) is 11.7. The van der Waals surface area contributed by atoms with E-state index in [0.29, 0.717) is 30.9 Å². The number of hydrogen-bond acceptors (Lipinski definition) is 3. The van der Waals surface area contributed by atoms with Gasteiger partial charge in [-0.05, 0) is 38.1 Å². The molecule has 0 aromatic heterocycles. The molecule has 2 atom stereocenters. The Morgan fingerprint density at radius 3 is 2.63 bits per heavy atom. The van der Waals surface area contributed by atoms with Gasteiger partial charge in [0.1, 0.15) is 0 Å². The van der Waals surface area contributed by atoms with Crippen LogP contribution >= 0.6 is 11.6 Å². The maximum atomic E-state index is 11.6. The summed E-state index contributed by atoms with van der Waals surface area (Å²) >= 11 is 6.05. The van der Waals surface area contributed by atoms with Crippen molar-refractivity contribution in [1.82, 2.24) is 9.21 Å².